The molecule has 1 aromatic heterocycles. The molecule has 0 unspecified atom stereocenters. The second-order valence-electron chi connectivity index (χ2n) is 4.66. The van der Waals surface area contributed by atoms with Crippen LogP contribution in [-0.4, -0.2) is 10.1 Å². The van der Waals surface area contributed by atoms with E-state index in [1.165, 1.54) is 26.8 Å². The third kappa shape index (κ3) is 2.20. The van der Waals surface area contributed by atoms with Crippen LogP contribution in [0.1, 0.15) is 30.9 Å². The first-order chi connectivity index (χ1) is 8.09. The molecule has 1 aromatic carbocycles. The maximum atomic E-state index is 12.9. The van der Waals surface area contributed by atoms with E-state index in [2.05, 4.69) is 4.98 Å². The Morgan fingerprint density at radius 3 is 2.33 bits per heavy atom. The van der Waals surface area contributed by atoms with Gasteiger partial charge in [0.05, 0.1) is 5.60 Å². The minimum Gasteiger partial charge on any atom is -0.440 e. The topological polar surface area (TPSA) is 46.3 Å². The van der Waals surface area contributed by atoms with Crippen molar-refractivity contribution in [3.05, 3.63) is 29.2 Å². The molecule has 2 aromatic rings. The Morgan fingerprint density at radius 2 is 1.83 bits per heavy atom. The first-order valence-corrected chi connectivity index (χ1v) is 5.30. The Kier molecular flexibility index (Phi) is 2.66. The minimum atomic E-state index is -4.55. The molecule has 6 heteroatoms. The van der Waals surface area contributed by atoms with Crippen molar-refractivity contribution in [3.63, 3.8) is 0 Å². The average molecular weight is 259 g/mol. The van der Waals surface area contributed by atoms with Gasteiger partial charge >= 0.3 is 6.18 Å². The zero-order valence-electron chi connectivity index (χ0n) is 10.1. The van der Waals surface area contributed by atoms with Crippen LogP contribution in [0.4, 0.5) is 13.2 Å². The minimum absolute atomic E-state index is 0.0967. The maximum absolute atomic E-state index is 12.9. The van der Waals surface area contributed by atoms with E-state index in [-0.39, 0.29) is 22.6 Å². The zero-order valence-corrected chi connectivity index (χ0v) is 10.1. The lowest BCUT2D eigenvalue weighted by Crippen LogP contribution is -2.17. The molecule has 0 spiro atoms. The van der Waals surface area contributed by atoms with Gasteiger partial charge in [-0.2, -0.15) is 13.2 Å². The van der Waals surface area contributed by atoms with E-state index in [0.717, 1.165) is 6.07 Å². The number of rotatable bonds is 1. The Hall–Kier alpha value is -1.56. The first kappa shape index (κ1) is 12.9. The highest BCUT2D eigenvalue weighted by atomic mass is 19.4. The summed E-state index contributed by atoms with van der Waals surface area (Å²) in [6, 6.07) is 2.30. The molecule has 0 atom stereocenters. The standard InChI is InChI=1S/C12H12F3NO2/c1-6-16-9-5-7(11(2,3)17)4-8(10(9)18-6)12(13,14)15/h4-5,17H,1-3H3. The van der Waals surface area contributed by atoms with Crippen molar-refractivity contribution in [1.29, 1.82) is 0 Å². The number of halogens is 3. The van der Waals surface area contributed by atoms with Crippen molar-refractivity contribution in [1.82, 2.24) is 4.98 Å². The monoisotopic (exact) mass is 259 g/mol. The fourth-order valence-corrected chi connectivity index (χ4v) is 1.71. The largest absolute Gasteiger partial charge is 0.440 e. The molecule has 3 nitrogen and oxygen atoms in total. The van der Waals surface area contributed by atoms with Crippen LogP contribution >= 0.6 is 0 Å². The highest BCUT2D eigenvalue weighted by Crippen LogP contribution is 2.38. The third-order valence-electron chi connectivity index (χ3n) is 2.61. The molecule has 0 aliphatic rings. The summed E-state index contributed by atoms with van der Waals surface area (Å²) in [4.78, 5) is 3.88. The van der Waals surface area contributed by atoms with Crippen LogP contribution in [0.2, 0.25) is 0 Å². The lowest BCUT2D eigenvalue weighted by atomic mass is 9.95. The molecule has 0 amide bonds. The van der Waals surface area contributed by atoms with Crippen LogP contribution in [-0.2, 0) is 11.8 Å². The number of hydrogen-bond acceptors (Lipinski definition) is 3. The number of aromatic nitrogens is 1. The maximum Gasteiger partial charge on any atom is 0.420 e. The number of nitrogens with zero attached hydrogens (tertiary/aromatic N) is 1. The number of benzene rings is 1. The van der Waals surface area contributed by atoms with Gasteiger partial charge in [-0.05, 0) is 31.5 Å². The number of aliphatic hydroxyl groups is 1. The van der Waals surface area contributed by atoms with E-state index in [9.17, 15) is 18.3 Å². The fraction of sp³-hybridized carbons (Fsp3) is 0.417. The normalized spacial score (nSPS) is 13.3. The van der Waals surface area contributed by atoms with Gasteiger partial charge in [-0.3, -0.25) is 0 Å². The van der Waals surface area contributed by atoms with Crippen LogP contribution in [0.25, 0.3) is 11.1 Å². The third-order valence-corrected chi connectivity index (χ3v) is 2.61. The number of aryl methyl sites for hydroxylation is 1. The van der Waals surface area contributed by atoms with Crippen molar-refractivity contribution in [2.24, 2.45) is 0 Å². The summed E-state index contributed by atoms with van der Waals surface area (Å²) in [6.45, 7) is 4.31. The second-order valence-corrected chi connectivity index (χ2v) is 4.66. The molecule has 98 valence electrons. The SMILES string of the molecule is Cc1nc2cc(C(C)(C)O)cc(C(F)(F)F)c2o1. The van der Waals surface area contributed by atoms with Gasteiger partial charge in [0, 0.05) is 6.92 Å². The lowest BCUT2D eigenvalue weighted by molar-refractivity contribution is -0.137. The van der Waals surface area contributed by atoms with Gasteiger partial charge in [-0.1, -0.05) is 0 Å². The van der Waals surface area contributed by atoms with Crippen molar-refractivity contribution < 1.29 is 22.7 Å². The van der Waals surface area contributed by atoms with Gasteiger partial charge in [-0.25, -0.2) is 4.98 Å². The van der Waals surface area contributed by atoms with Gasteiger partial charge in [0.1, 0.15) is 11.1 Å². The molecule has 1 N–H and O–H groups in total. The molecule has 1 heterocycles. The second kappa shape index (κ2) is 3.71. The Balaban J connectivity index is 2.81. The molecule has 0 saturated carbocycles. The van der Waals surface area contributed by atoms with E-state index < -0.39 is 17.3 Å². The predicted molar refractivity (Wildman–Crippen MR) is 59.0 cm³/mol. The zero-order chi connectivity index (χ0) is 13.7. The summed E-state index contributed by atoms with van der Waals surface area (Å²) in [5.74, 6) is 0.156. The molecule has 0 fully saturated rings. The van der Waals surface area contributed by atoms with E-state index in [4.69, 9.17) is 4.42 Å². The fourth-order valence-electron chi connectivity index (χ4n) is 1.71. The summed E-state index contributed by atoms with van der Waals surface area (Å²) in [5.41, 5.74) is -2.35. The number of oxazole rings is 1. The van der Waals surface area contributed by atoms with Gasteiger partial charge in [0.25, 0.3) is 0 Å². The average Bonchev–Trinajstić information content (AvgIpc) is 2.52. The van der Waals surface area contributed by atoms with Crippen LogP contribution < -0.4 is 0 Å². The number of hydrogen-bond donors (Lipinski definition) is 1. The number of alkyl halides is 3. The molecule has 0 saturated heterocycles. The number of fused-ring (bicyclic) bond motifs is 1. The van der Waals surface area contributed by atoms with Crippen molar-refractivity contribution >= 4 is 11.1 Å². The lowest BCUT2D eigenvalue weighted by Gasteiger charge is -2.19. The van der Waals surface area contributed by atoms with Crippen LogP contribution in [0, 0.1) is 6.92 Å². The first-order valence-electron chi connectivity index (χ1n) is 5.30. The van der Waals surface area contributed by atoms with Gasteiger partial charge in [0.2, 0.25) is 0 Å². The van der Waals surface area contributed by atoms with Crippen LogP contribution in [0.15, 0.2) is 16.5 Å². The van der Waals surface area contributed by atoms with Gasteiger partial charge in [-0.15, -0.1) is 0 Å². The highest BCUT2D eigenvalue weighted by molar-refractivity contribution is 5.78. The molecule has 0 radical (unpaired) electrons. The molecule has 0 bridgehead atoms. The Bertz CT molecular complexity index is 594. The van der Waals surface area contributed by atoms with E-state index in [0.29, 0.717) is 0 Å². The molecule has 0 aliphatic carbocycles. The van der Waals surface area contributed by atoms with Crippen molar-refractivity contribution in [3.8, 4) is 0 Å². The summed E-state index contributed by atoms with van der Waals surface area (Å²) in [6.07, 6.45) is -4.55. The van der Waals surface area contributed by atoms with E-state index in [1.54, 1.807) is 0 Å². The molecular formula is C12H12F3NO2. The molecule has 2 rings (SSSR count). The van der Waals surface area contributed by atoms with Gasteiger partial charge in [0.15, 0.2) is 11.5 Å². The summed E-state index contributed by atoms with van der Waals surface area (Å²) in [5, 5.41) is 9.82. The summed E-state index contributed by atoms with van der Waals surface area (Å²) < 4.78 is 43.8. The molecule has 18 heavy (non-hydrogen) atoms. The predicted octanol–water partition coefficient (Wildman–Crippen LogP) is 3.38. The summed E-state index contributed by atoms with van der Waals surface area (Å²) in [7, 11) is 0. The Labute approximate surface area is 101 Å². The highest BCUT2D eigenvalue weighted by Gasteiger charge is 2.36. The Morgan fingerprint density at radius 1 is 1.22 bits per heavy atom. The molecule has 0 aliphatic heterocycles. The van der Waals surface area contributed by atoms with Gasteiger partial charge < -0.3 is 9.52 Å². The van der Waals surface area contributed by atoms with E-state index >= 15 is 0 Å². The quantitative estimate of drug-likeness (QED) is 0.853. The smallest absolute Gasteiger partial charge is 0.420 e. The van der Waals surface area contributed by atoms with Crippen LogP contribution in [0.5, 0.6) is 0 Å². The van der Waals surface area contributed by atoms with Crippen LogP contribution in [0.3, 0.4) is 0 Å². The van der Waals surface area contributed by atoms with E-state index in [1.807, 2.05) is 0 Å². The summed E-state index contributed by atoms with van der Waals surface area (Å²) >= 11 is 0. The van der Waals surface area contributed by atoms with Crippen molar-refractivity contribution in [2.75, 3.05) is 0 Å². The molecular weight excluding hydrogens is 247 g/mol. The van der Waals surface area contributed by atoms with Crippen molar-refractivity contribution in [2.45, 2.75) is 32.5 Å².